The average molecular weight is 291 g/mol. The SMILES string of the molecule is CCOC(=O)C(C)C1CCc2ccc(OC)cc2NC1=O. The van der Waals surface area contributed by atoms with Gasteiger partial charge in [0, 0.05) is 11.8 Å². The Labute approximate surface area is 124 Å². The molecular formula is C16H21NO4. The van der Waals surface area contributed by atoms with E-state index in [1.54, 1.807) is 21.0 Å². The van der Waals surface area contributed by atoms with Crippen LogP contribution >= 0.6 is 0 Å². The van der Waals surface area contributed by atoms with Crippen molar-refractivity contribution in [2.24, 2.45) is 11.8 Å². The summed E-state index contributed by atoms with van der Waals surface area (Å²) in [6.45, 7) is 3.84. The molecule has 2 atom stereocenters. The minimum Gasteiger partial charge on any atom is -0.497 e. The van der Waals surface area contributed by atoms with Crippen LogP contribution in [0, 0.1) is 11.8 Å². The molecule has 1 aliphatic rings. The van der Waals surface area contributed by atoms with Gasteiger partial charge in [0.25, 0.3) is 0 Å². The van der Waals surface area contributed by atoms with E-state index in [0.29, 0.717) is 18.8 Å². The van der Waals surface area contributed by atoms with Crippen molar-refractivity contribution in [3.05, 3.63) is 23.8 Å². The topological polar surface area (TPSA) is 64.6 Å². The fourth-order valence-electron chi connectivity index (χ4n) is 2.60. The fourth-order valence-corrected chi connectivity index (χ4v) is 2.60. The standard InChI is InChI=1S/C16H21NO4/c1-4-21-16(19)10(2)13-8-6-11-5-7-12(20-3)9-14(11)17-15(13)18/h5,7,9-10,13H,4,6,8H2,1-3H3,(H,17,18). The van der Waals surface area contributed by atoms with Crippen LogP contribution in [0.1, 0.15) is 25.8 Å². The van der Waals surface area contributed by atoms with Gasteiger partial charge in [-0.1, -0.05) is 13.0 Å². The van der Waals surface area contributed by atoms with Crippen LogP contribution < -0.4 is 10.1 Å². The van der Waals surface area contributed by atoms with Gasteiger partial charge in [0.1, 0.15) is 5.75 Å². The quantitative estimate of drug-likeness (QED) is 0.865. The predicted molar refractivity (Wildman–Crippen MR) is 79.2 cm³/mol. The highest BCUT2D eigenvalue weighted by atomic mass is 16.5. The zero-order chi connectivity index (χ0) is 15.4. The van der Waals surface area contributed by atoms with Crippen molar-refractivity contribution in [3.8, 4) is 5.75 Å². The molecule has 1 aliphatic heterocycles. The molecule has 1 amide bonds. The monoisotopic (exact) mass is 291 g/mol. The first-order valence-electron chi connectivity index (χ1n) is 7.21. The van der Waals surface area contributed by atoms with E-state index >= 15 is 0 Å². The van der Waals surface area contributed by atoms with Crippen molar-refractivity contribution < 1.29 is 19.1 Å². The van der Waals surface area contributed by atoms with Gasteiger partial charge in [0.15, 0.2) is 0 Å². The van der Waals surface area contributed by atoms with E-state index in [0.717, 1.165) is 17.7 Å². The van der Waals surface area contributed by atoms with Gasteiger partial charge in [-0.2, -0.15) is 0 Å². The van der Waals surface area contributed by atoms with Crippen LogP contribution in [0.15, 0.2) is 18.2 Å². The third-order valence-electron chi connectivity index (χ3n) is 3.90. The normalized spacial score (nSPS) is 19.0. The smallest absolute Gasteiger partial charge is 0.309 e. The maximum absolute atomic E-state index is 12.4. The Morgan fingerprint density at radius 2 is 2.24 bits per heavy atom. The van der Waals surface area contributed by atoms with Gasteiger partial charge < -0.3 is 14.8 Å². The molecule has 0 aliphatic carbocycles. The molecule has 2 unspecified atom stereocenters. The molecule has 2 rings (SSSR count). The van der Waals surface area contributed by atoms with Crippen LogP contribution in [0.2, 0.25) is 0 Å². The number of fused-ring (bicyclic) bond motifs is 1. The number of ether oxygens (including phenoxy) is 2. The summed E-state index contributed by atoms with van der Waals surface area (Å²) < 4.78 is 10.2. The highest BCUT2D eigenvalue weighted by molar-refractivity contribution is 5.96. The third kappa shape index (κ3) is 3.35. The minimum atomic E-state index is -0.443. The number of benzene rings is 1. The number of carbonyl (C=O) groups is 2. The summed E-state index contributed by atoms with van der Waals surface area (Å²) in [6.07, 6.45) is 1.37. The Morgan fingerprint density at radius 3 is 2.90 bits per heavy atom. The zero-order valence-corrected chi connectivity index (χ0v) is 12.6. The summed E-state index contributed by atoms with van der Waals surface area (Å²) >= 11 is 0. The number of hydrogen-bond acceptors (Lipinski definition) is 4. The van der Waals surface area contributed by atoms with Gasteiger partial charge in [-0.3, -0.25) is 9.59 Å². The molecule has 0 aromatic heterocycles. The largest absolute Gasteiger partial charge is 0.497 e. The highest BCUT2D eigenvalue weighted by Crippen LogP contribution is 2.31. The fraction of sp³-hybridized carbons (Fsp3) is 0.500. The molecule has 5 heteroatoms. The Balaban J connectivity index is 2.17. The summed E-state index contributed by atoms with van der Waals surface area (Å²) in [7, 11) is 1.59. The lowest BCUT2D eigenvalue weighted by atomic mass is 9.88. The molecule has 0 bridgehead atoms. The molecule has 1 aromatic rings. The molecular weight excluding hydrogens is 270 g/mol. The predicted octanol–water partition coefficient (Wildman–Crippen LogP) is 2.40. The molecule has 0 radical (unpaired) electrons. The van der Waals surface area contributed by atoms with E-state index in [1.807, 2.05) is 18.2 Å². The minimum absolute atomic E-state index is 0.137. The number of aryl methyl sites for hydroxylation is 1. The molecule has 21 heavy (non-hydrogen) atoms. The second kappa shape index (κ2) is 6.61. The molecule has 1 aromatic carbocycles. The Bertz CT molecular complexity index is 541. The number of hydrogen-bond donors (Lipinski definition) is 1. The average Bonchev–Trinajstić information content (AvgIpc) is 2.64. The van der Waals surface area contributed by atoms with Gasteiger partial charge in [-0.25, -0.2) is 0 Å². The molecule has 0 spiro atoms. The van der Waals surface area contributed by atoms with Crippen LogP contribution in [0.25, 0.3) is 0 Å². The number of methoxy groups -OCH3 is 1. The molecule has 1 heterocycles. The lowest BCUT2D eigenvalue weighted by Crippen LogP contribution is -2.32. The van der Waals surface area contributed by atoms with Gasteiger partial charge in [-0.15, -0.1) is 0 Å². The molecule has 5 nitrogen and oxygen atoms in total. The molecule has 0 saturated carbocycles. The number of nitrogens with one attached hydrogen (secondary N) is 1. The summed E-state index contributed by atoms with van der Waals surface area (Å²) in [5.41, 5.74) is 1.82. The van der Waals surface area contributed by atoms with Crippen molar-refractivity contribution in [3.63, 3.8) is 0 Å². The first-order valence-corrected chi connectivity index (χ1v) is 7.21. The van der Waals surface area contributed by atoms with E-state index in [4.69, 9.17) is 9.47 Å². The summed E-state index contributed by atoms with van der Waals surface area (Å²) in [4.78, 5) is 24.2. The molecule has 0 saturated heterocycles. The van der Waals surface area contributed by atoms with Crippen LogP contribution in [-0.4, -0.2) is 25.6 Å². The lowest BCUT2D eigenvalue weighted by molar-refractivity contribution is -0.151. The van der Waals surface area contributed by atoms with E-state index < -0.39 is 5.92 Å². The van der Waals surface area contributed by atoms with E-state index in [2.05, 4.69) is 5.32 Å². The Morgan fingerprint density at radius 1 is 1.48 bits per heavy atom. The Hall–Kier alpha value is -2.04. The van der Waals surface area contributed by atoms with E-state index in [-0.39, 0.29) is 17.8 Å². The van der Waals surface area contributed by atoms with Crippen molar-refractivity contribution in [2.45, 2.75) is 26.7 Å². The van der Waals surface area contributed by atoms with Gasteiger partial charge in [0.2, 0.25) is 5.91 Å². The van der Waals surface area contributed by atoms with Crippen LogP contribution in [-0.2, 0) is 20.7 Å². The zero-order valence-electron chi connectivity index (χ0n) is 12.6. The number of esters is 1. The van der Waals surface area contributed by atoms with Crippen LogP contribution in [0.5, 0.6) is 5.75 Å². The van der Waals surface area contributed by atoms with Crippen molar-refractivity contribution >= 4 is 17.6 Å². The van der Waals surface area contributed by atoms with Crippen LogP contribution in [0.4, 0.5) is 5.69 Å². The van der Waals surface area contributed by atoms with Crippen molar-refractivity contribution in [2.75, 3.05) is 19.0 Å². The summed E-state index contributed by atoms with van der Waals surface area (Å²) in [5.74, 6) is -0.571. The van der Waals surface area contributed by atoms with E-state index in [9.17, 15) is 9.59 Å². The second-order valence-corrected chi connectivity index (χ2v) is 5.20. The molecule has 1 N–H and O–H groups in total. The maximum atomic E-state index is 12.4. The van der Waals surface area contributed by atoms with Crippen molar-refractivity contribution in [1.82, 2.24) is 0 Å². The first-order chi connectivity index (χ1) is 10.1. The first kappa shape index (κ1) is 15.4. The number of carbonyl (C=O) groups excluding carboxylic acids is 2. The second-order valence-electron chi connectivity index (χ2n) is 5.20. The van der Waals surface area contributed by atoms with E-state index in [1.165, 1.54) is 0 Å². The van der Waals surface area contributed by atoms with Gasteiger partial charge >= 0.3 is 5.97 Å². The number of anilines is 1. The lowest BCUT2D eigenvalue weighted by Gasteiger charge is -2.19. The number of amides is 1. The van der Waals surface area contributed by atoms with Gasteiger partial charge in [0.05, 0.1) is 25.6 Å². The number of rotatable bonds is 4. The van der Waals surface area contributed by atoms with Crippen molar-refractivity contribution in [1.29, 1.82) is 0 Å². The summed E-state index contributed by atoms with van der Waals surface area (Å²) in [6, 6.07) is 5.64. The molecule has 0 fully saturated rings. The summed E-state index contributed by atoms with van der Waals surface area (Å²) in [5, 5.41) is 2.90. The highest BCUT2D eigenvalue weighted by Gasteiger charge is 2.33. The maximum Gasteiger partial charge on any atom is 0.309 e. The third-order valence-corrected chi connectivity index (χ3v) is 3.90. The van der Waals surface area contributed by atoms with Gasteiger partial charge in [-0.05, 0) is 31.4 Å². The van der Waals surface area contributed by atoms with Crippen LogP contribution in [0.3, 0.4) is 0 Å². The molecule has 114 valence electrons. The Kier molecular flexibility index (Phi) is 4.83.